The van der Waals surface area contributed by atoms with E-state index in [9.17, 15) is 4.79 Å². The number of hydrogen-bond donors (Lipinski definition) is 1. The van der Waals surface area contributed by atoms with Crippen LogP contribution in [-0.2, 0) is 4.79 Å². The van der Waals surface area contributed by atoms with Gasteiger partial charge in [0, 0.05) is 22.7 Å². The second-order valence-corrected chi connectivity index (χ2v) is 8.06. The van der Waals surface area contributed by atoms with E-state index in [0.29, 0.717) is 12.5 Å². The summed E-state index contributed by atoms with van der Waals surface area (Å²) in [5, 5.41) is 2.94. The highest BCUT2D eigenvalue weighted by Crippen LogP contribution is 2.50. The topological polar surface area (TPSA) is 38.3 Å². The molecule has 1 N–H and O–H groups in total. The zero-order chi connectivity index (χ0) is 20.5. The molecule has 0 fully saturated rings. The van der Waals surface area contributed by atoms with Crippen LogP contribution in [0, 0.1) is 13.8 Å². The van der Waals surface area contributed by atoms with Crippen molar-refractivity contribution in [2.24, 2.45) is 0 Å². The summed E-state index contributed by atoms with van der Waals surface area (Å²) in [6.07, 6.45) is 0.763. The Labute approximate surface area is 172 Å². The number of anilines is 1. The van der Waals surface area contributed by atoms with Crippen molar-refractivity contribution in [3.63, 3.8) is 0 Å². The first-order valence-corrected chi connectivity index (χ1v) is 10.2. The van der Waals surface area contributed by atoms with Gasteiger partial charge in [-0.2, -0.15) is 0 Å². The number of hydrogen-bond acceptors (Lipinski definition) is 2. The summed E-state index contributed by atoms with van der Waals surface area (Å²) in [6, 6.07) is 19.1. The number of fused-ring (bicyclic) bond motifs is 1. The number of rotatable bonds is 5. The van der Waals surface area contributed by atoms with Crippen LogP contribution in [0.5, 0.6) is 5.75 Å². The van der Waals surface area contributed by atoms with Crippen LogP contribution in [0.2, 0.25) is 0 Å². The molecule has 29 heavy (non-hydrogen) atoms. The van der Waals surface area contributed by atoms with Gasteiger partial charge in [-0.15, -0.1) is 0 Å². The Morgan fingerprint density at radius 3 is 2.31 bits per heavy atom. The van der Waals surface area contributed by atoms with Gasteiger partial charge in [0.1, 0.15) is 5.75 Å². The van der Waals surface area contributed by atoms with Crippen molar-refractivity contribution < 1.29 is 9.53 Å². The number of amides is 1. The summed E-state index contributed by atoms with van der Waals surface area (Å²) in [5.41, 5.74) is 8.93. The van der Waals surface area contributed by atoms with E-state index in [1.54, 1.807) is 0 Å². The van der Waals surface area contributed by atoms with E-state index in [0.717, 1.165) is 40.1 Å². The van der Waals surface area contributed by atoms with Gasteiger partial charge in [0.2, 0.25) is 6.41 Å². The van der Waals surface area contributed by atoms with E-state index in [2.05, 4.69) is 69.4 Å². The minimum Gasteiger partial charge on any atom is -0.492 e. The fourth-order valence-electron chi connectivity index (χ4n) is 4.44. The van der Waals surface area contributed by atoms with E-state index in [1.165, 1.54) is 16.7 Å². The lowest BCUT2D eigenvalue weighted by molar-refractivity contribution is -0.105. The Balaban J connectivity index is 1.91. The fraction of sp³-hybridized carbons (Fsp3) is 0.269. The van der Waals surface area contributed by atoms with Crippen molar-refractivity contribution in [2.75, 3.05) is 11.9 Å². The van der Waals surface area contributed by atoms with Crippen LogP contribution in [0.25, 0.3) is 11.1 Å². The number of nitrogens with one attached hydrogen (secondary N) is 1. The first-order chi connectivity index (χ1) is 14.0. The lowest BCUT2D eigenvalue weighted by Crippen LogP contribution is -2.07. The van der Waals surface area contributed by atoms with E-state index in [1.807, 2.05) is 18.2 Å². The van der Waals surface area contributed by atoms with Gasteiger partial charge >= 0.3 is 0 Å². The fourth-order valence-corrected chi connectivity index (χ4v) is 4.44. The molecule has 1 atom stereocenters. The third-order valence-corrected chi connectivity index (χ3v) is 6.01. The first kappa shape index (κ1) is 19.3. The van der Waals surface area contributed by atoms with Crippen molar-refractivity contribution in [1.29, 1.82) is 0 Å². The molecule has 3 aromatic carbocycles. The third-order valence-electron chi connectivity index (χ3n) is 6.01. The Kier molecular flexibility index (Phi) is 5.14. The van der Waals surface area contributed by atoms with Crippen LogP contribution in [0.1, 0.15) is 53.5 Å². The van der Waals surface area contributed by atoms with E-state index in [4.69, 9.17) is 4.74 Å². The quantitative estimate of drug-likeness (QED) is 0.532. The molecule has 4 rings (SSSR count). The first-order valence-electron chi connectivity index (χ1n) is 10.2. The van der Waals surface area contributed by atoms with E-state index < -0.39 is 0 Å². The molecule has 0 saturated carbocycles. The Hall–Kier alpha value is -3.07. The zero-order valence-electron chi connectivity index (χ0n) is 17.5. The van der Waals surface area contributed by atoms with Crippen molar-refractivity contribution in [3.05, 3.63) is 82.4 Å². The average Bonchev–Trinajstić information content (AvgIpc) is 3.17. The number of benzene rings is 3. The minimum absolute atomic E-state index is 0.154. The second kappa shape index (κ2) is 7.75. The van der Waals surface area contributed by atoms with Gasteiger partial charge in [-0.3, -0.25) is 4.79 Å². The van der Waals surface area contributed by atoms with Crippen molar-refractivity contribution in [3.8, 4) is 16.9 Å². The molecule has 1 amide bonds. The lowest BCUT2D eigenvalue weighted by Gasteiger charge is -2.21. The van der Waals surface area contributed by atoms with Crippen molar-refractivity contribution in [2.45, 2.75) is 39.5 Å². The van der Waals surface area contributed by atoms with E-state index in [-0.39, 0.29) is 5.92 Å². The van der Waals surface area contributed by atoms with Gasteiger partial charge in [0.15, 0.2) is 0 Å². The highest BCUT2D eigenvalue weighted by atomic mass is 16.5. The molecule has 0 aromatic heterocycles. The monoisotopic (exact) mass is 385 g/mol. The maximum absolute atomic E-state index is 11.3. The summed E-state index contributed by atoms with van der Waals surface area (Å²) >= 11 is 0. The SMILES string of the molecule is Cc1c(NC=O)c(C)c2c(c1-c1ccccc1)OCC2c1ccc(C(C)C)cc1. The summed E-state index contributed by atoms with van der Waals surface area (Å²) in [6.45, 7) is 9.16. The Morgan fingerprint density at radius 1 is 1.00 bits per heavy atom. The number of carbonyl (C=O) groups is 1. The highest BCUT2D eigenvalue weighted by molar-refractivity contribution is 5.88. The summed E-state index contributed by atoms with van der Waals surface area (Å²) in [4.78, 5) is 11.3. The van der Waals surface area contributed by atoms with Crippen molar-refractivity contribution >= 4 is 12.1 Å². The summed E-state index contributed by atoms with van der Waals surface area (Å²) in [5.74, 6) is 1.61. The van der Waals surface area contributed by atoms with Gasteiger partial charge in [-0.25, -0.2) is 0 Å². The number of ether oxygens (including phenoxy) is 1. The molecule has 148 valence electrons. The van der Waals surface area contributed by atoms with Crippen LogP contribution in [0.3, 0.4) is 0 Å². The molecule has 3 nitrogen and oxygen atoms in total. The maximum Gasteiger partial charge on any atom is 0.211 e. The minimum atomic E-state index is 0.154. The molecule has 0 bridgehead atoms. The predicted molar refractivity (Wildman–Crippen MR) is 119 cm³/mol. The average molecular weight is 386 g/mol. The van der Waals surface area contributed by atoms with Gasteiger partial charge in [-0.05, 0) is 47.6 Å². The molecule has 0 radical (unpaired) electrons. The highest BCUT2D eigenvalue weighted by Gasteiger charge is 2.33. The maximum atomic E-state index is 11.3. The van der Waals surface area contributed by atoms with Gasteiger partial charge in [0.25, 0.3) is 0 Å². The van der Waals surface area contributed by atoms with Crippen LogP contribution < -0.4 is 10.1 Å². The normalized spacial score (nSPS) is 15.1. The molecule has 1 heterocycles. The molecular formula is C26H27NO2. The van der Waals surface area contributed by atoms with Gasteiger partial charge in [-0.1, -0.05) is 68.4 Å². The Bertz CT molecular complexity index is 1040. The lowest BCUT2D eigenvalue weighted by atomic mass is 9.84. The van der Waals surface area contributed by atoms with Crippen LogP contribution in [-0.4, -0.2) is 13.0 Å². The zero-order valence-corrected chi connectivity index (χ0v) is 17.5. The van der Waals surface area contributed by atoms with Crippen LogP contribution >= 0.6 is 0 Å². The predicted octanol–water partition coefficient (Wildman–Crippen LogP) is 6.19. The molecule has 3 heteroatoms. The van der Waals surface area contributed by atoms with Crippen molar-refractivity contribution in [1.82, 2.24) is 0 Å². The molecule has 1 aliphatic heterocycles. The largest absolute Gasteiger partial charge is 0.492 e. The van der Waals surface area contributed by atoms with Crippen LogP contribution in [0.4, 0.5) is 5.69 Å². The number of carbonyl (C=O) groups excluding carboxylic acids is 1. The van der Waals surface area contributed by atoms with Gasteiger partial charge in [0.05, 0.1) is 6.61 Å². The molecule has 0 spiro atoms. The Morgan fingerprint density at radius 2 is 1.69 bits per heavy atom. The standard InChI is InChI=1S/C26H27NO2/c1-16(2)19-10-12-20(13-11-19)22-14-29-26-23(21-8-6-5-7-9-21)17(3)25(27-15-28)18(4)24(22)26/h5-13,15-16,22H,14H2,1-4H3,(H,27,28). The smallest absolute Gasteiger partial charge is 0.211 e. The second-order valence-electron chi connectivity index (χ2n) is 8.06. The van der Waals surface area contributed by atoms with Crippen LogP contribution in [0.15, 0.2) is 54.6 Å². The molecule has 1 unspecified atom stereocenters. The molecule has 3 aromatic rings. The molecule has 0 saturated heterocycles. The molecule has 1 aliphatic rings. The van der Waals surface area contributed by atoms with E-state index >= 15 is 0 Å². The summed E-state index contributed by atoms with van der Waals surface area (Å²) in [7, 11) is 0. The third kappa shape index (κ3) is 3.31. The molecular weight excluding hydrogens is 358 g/mol. The molecule has 0 aliphatic carbocycles. The summed E-state index contributed by atoms with van der Waals surface area (Å²) < 4.78 is 6.31. The van der Waals surface area contributed by atoms with Gasteiger partial charge < -0.3 is 10.1 Å².